The quantitative estimate of drug-likeness (QED) is 0.674. The molecule has 0 aliphatic carbocycles. The van der Waals surface area contributed by atoms with Gasteiger partial charge < -0.3 is 4.74 Å². The third kappa shape index (κ3) is 2.62. The van der Waals surface area contributed by atoms with Gasteiger partial charge in [-0.2, -0.15) is 0 Å². The van der Waals surface area contributed by atoms with E-state index in [1.165, 1.54) is 6.92 Å². The number of aryl methyl sites for hydroxylation is 1. The van der Waals surface area contributed by atoms with Crippen molar-refractivity contribution in [1.82, 2.24) is 4.98 Å². The summed E-state index contributed by atoms with van der Waals surface area (Å²) in [6.07, 6.45) is 0.935. The largest absolute Gasteiger partial charge is 0.459 e. The lowest BCUT2D eigenvalue weighted by Crippen LogP contribution is -1.98. The molecule has 12 heavy (non-hydrogen) atoms. The Bertz CT molecular complexity index is 270. The van der Waals surface area contributed by atoms with Crippen LogP contribution in [0.25, 0.3) is 0 Å². The Morgan fingerprint density at radius 3 is 3.00 bits per heavy atom. The number of thiazole rings is 1. The molecule has 0 saturated carbocycles. The molecule has 0 spiro atoms. The van der Waals surface area contributed by atoms with Gasteiger partial charge in [0.2, 0.25) is 0 Å². The summed E-state index contributed by atoms with van der Waals surface area (Å²) >= 11 is 1.60. The summed E-state index contributed by atoms with van der Waals surface area (Å²) in [5, 5.41) is 3.00. The molecule has 0 amide bonds. The first-order valence-electron chi connectivity index (χ1n) is 3.79. The zero-order chi connectivity index (χ0) is 8.97. The second-order valence-corrected chi connectivity index (χ2v) is 3.31. The van der Waals surface area contributed by atoms with E-state index in [-0.39, 0.29) is 5.97 Å². The molecule has 1 rings (SSSR count). The minimum absolute atomic E-state index is 0.263. The van der Waals surface area contributed by atoms with E-state index in [2.05, 4.69) is 11.9 Å². The molecule has 1 aromatic rings. The van der Waals surface area contributed by atoms with Gasteiger partial charge in [-0.3, -0.25) is 4.79 Å². The zero-order valence-electron chi connectivity index (χ0n) is 7.16. The fourth-order valence-electron chi connectivity index (χ4n) is 0.753. The maximum Gasteiger partial charge on any atom is 0.303 e. The molecule has 66 valence electrons. The van der Waals surface area contributed by atoms with E-state index >= 15 is 0 Å². The maximum atomic E-state index is 10.4. The average Bonchev–Trinajstić information content (AvgIpc) is 2.48. The molecule has 0 fully saturated rings. The molecule has 0 aliphatic rings. The number of ether oxygens (including phenoxy) is 1. The number of nitrogens with zero attached hydrogens (tertiary/aromatic N) is 1. The van der Waals surface area contributed by atoms with Crippen molar-refractivity contribution < 1.29 is 9.53 Å². The SMILES string of the molecule is CCc1nc(COC(C)=O)cs1. The van der Waals surface area contributed by atoms with E-state index in [1.54, 1.807) is 11.3 Å². The van der Waals surface area contributed by atoms with Crippen LogP contribution in [0.5, 0.6) is 0 Å². The predicted octanol–water partition coefficient (Wildman–Crippen LogP) is 1.77. The van der Waals surface area contributed by atoms with Crippen LogP contribution in [0.2, 0.25) is 0 Å². The topological polar surface area (TPSA) is 39.2 Å². The van der Waals surface area contributed by atoms with Crippen molar-refractivity contribution in [2.45, 2.75) is 26.9 Å². The smallest absolute Gasteiger partial charge is 0.303 e. The Labute approximate surface area is 75.4 Å². The van der Waals surface area contributed by atoms with Crippen LogP contribution in [0.4, 0.5) is 0 Å². The third-order valence-electron chi connectivity index (χ3n) is 1.33. The second kappa shape index (κ2) is 4.21. The monoisotopic (exact) mass is 185 g/mol. The van der Waals surface area contributed by atoms with Gasteiger partial charge in [0.1, 0.15) is 6.61 Å². The van der Waals surface area contributed by atoms with Crippen molar-refractivity contribution in [1.29, 1.82) is 0 Å². The number of hydrogen-bond donors (Lipinski definition) is 0. The predicted molar refractivity (Wildman–Crippen MR) is 47.0 cm³/mol. The summed E-state index contributed by atoms with van der Waals surface area (Å²) in [6, 6.07) is 0. The van der Waals surface area contributed by atoms with Crippen molar-refractivity contribution in [2.75, 3.05) is 0 Å². The van der Waals surface area contributed by atoms with Gasteiger partial charge in [-0.25, -0.2) is 4.98 Å². The van der Waals surface area contributed by atoms with Crippen LogP contribution in [0.15, 0.2) is 5.38 Å². The Balaban J connectivity index is 2.47. The number of esters is 1. The van der Waals surface area contributed by atoms with E-state index in [9.17, 15) is 4.79 Å². The fourth-order valence-corrected chi connectivity index (χ4v) is 1.48. The van der Waals surface area contributed by atoms with Gasteiger partial charge in [-0.15, -0.1) is 11.3 Å². The van der Waals surface area contributed by atoms with E-state index in [1.807, 2.05) is 5.38 Å². The van der Waals surface area contributed by atoms with Gasteiger partial charge in [0.15, 0.2) is 0 Å². The lowest BCUT2D eigenvalue weighted by atomic mass is 10.5. The van der Waals surface area contributed by atoms with E-state index in [4.69, 9.17) is 4.74 Å². The zero-order valence-corrected chi connectivity index (χ0v) is 7.98. The molecule has 1 heterocycles. The van der Waals surface area contributed by atoms with Gasteiger partial charge >= 0.3 is 5.97 Å². The third-order valence-corrected chi connectivity index (χ3v) is 2.37. The highest BCUT2D eigenvalue weighted by molar-refractivity contribution is 7.09. The number of carbonyl (C=O) groups is 1. The van der Waals surface area contributed by atoms with Gasteiger partial charge in [0.05, 0.1) is 10.7 Å². The highest BCUT2D eigenvalue weighted by Crippen LogP contribution is 2.10. The summed E-state index contributed by atoms with van der Waals surface area (Å²) in [6.45, 7) is 3.74. The van der Waals surface area contributed by atoms with E-state index in [0.717, 1.165) is 17.1 Å². The fraction of sp³-hybridized carbons (Fsp3) is 0.500. The summed E-state index contributed by atoms with van der Waals surface area (Å²) in [5.74, 6) is -0.263. The Kier molecular flexibility index (Phi) is 3.22. The van der Waals surface area contributed by atoms with Gasteiger partial charge in [0, 0.05) is 12.3 Å². The molecular formula is C8H11NO2S. The number of hydrogen-bond acceptors (Lipinski definition) is 4. The Hall–Kier alpha value is -0.900. The molecule has 0 saturated heterocycles. The molecule has 0 radical (unpaired) electrons. The molecule has 3 nitrogen and oxygen atoms in total. The van der Waals surface area contributed by atoms with Crippen molar-refractivity contribution in [3.63, 3.8) is 0 Å². The molecule has 0 aliphatic heterocycles. The molecule has 0 N–H and O–H groups in total. The Morgan fingerprint density at radius 2 is 2.50 bits per heavy atom. The second-order valence-electron chi connectivity index (χ2n) is 2.37. The summed E-state index contributed by atoms with van der Waals surface area (Å²) in [4.78, 5) is 14.7. The molecule has 0 atom stereocenters. The highest BCUT2D eigenvalue weighted by atomic mass is 32.1. The van der Waals surface area contributed by atoms with Crippen LogP contribution in [0, 0.1) is 0 Å². The molecule has 4 heteroatoms. The van der Waals surface area contributed by atoms with Crippen LogP contribution in [0.1, 0.15) is 24.5 Å². The van der Waals surface area contributed by atoms with Crippen LogP contribution < -0.4 is 0 Å². The minimum Gasteiger partial charge on any atom is -0.459 e. The van der Waals surface area contributed by atoms with Gasteiger partial charge in [-0.05, 0) is 6.42 Å². The van der Waals surface area contributed by atoms with Crippen molar-refractivity contribution >= 4 is 17.3 Å². The van der Waals surface area contributed by atoms with Crippen molar-refractivity contribution in [3.05, 3.63) is 16.1 Å². The first-order chi connectivity index (χ1) is 5.72. The first kappa shape index (κ1) is 9.19. The number of carbonyl (C=O) groups excluding carboxylic acids is 1. The summed E-state index contributed by atoms with van der Waals surface area (Å²) in [7, 11) is 0. The van der Waals surface area contributed by atoms with Crippen molar-refractivity contribution in [3.8, 4) is 0 Å². The van der Waals surface area contributed by atoms with E-state index in [0.29, 0.717) is 6.61 Å². The molecular weight excluding hydrogens is 174 g/mol. The van der Waals surface area contributed by atoms with Crippen LogP contribution in [-0.2, 0) is 22.6 Å². The van der Waals surface area contributed by atoms with Gasteiger partial charge in [-0.1, -0.05) is 6.92 Å². The number of aromatic nitrogens is 1. The standard InChI is InChI=1S/C8H11NO2S/c1-3-8-9-7(5-12-8)4-11-6(2)10/h5H,3-4H2,1-2H3. The van der Waals surface area contributed by atoms with Crippen LogP contribution in [-0.4, -0.2) is 11.0 Å². The minimum atomic E-state index is -0.263. The molecule has 1 aromatic heterocycles. The lowest BCUT2D eigenvalue weighted by molar-refractivity contribution is -0.142. The molecule has 0 aromatic carbocycles. The van der Waals surface area contributed by atoms with Crippen LogP contribution in [0.3, 0.4) is 0 Å². The summed E-state index contributed by atoms with van der Waals surface area (Å²) in [5.41, 5.74) is 0.840. The van der Waals surface area contributed by atoms with Gasteiger partial charge in [0.25, 0.3) is 0 Å². The molecule has 0 unspecified atom stereocenters. The highest BCUT2D eigenvalue weighted by Gasteiger charge is 2.01. The van der Waals surface area contributed by atoms with Crippen LogP contribution >= 0.6 is 11.3 Å². The Morgan fingerprint density at radius 1 is 1.75 bits per heavy atom. The lowest BCUT2D eigenvalue weighted by Gasteiger charge is -1.96. The first-order valence-corrected chi connectivity index (χ1v) is 4.67. The molecule has 0 bridgehead atoms. The average molecular weight is 185 g/mol. The maximum absolute atomic E-state index is 10.4. The van der Waals surface area contributed by atoms with E-state index < -0.39 is 0 Å². The summed E-state index contributed by atoms with van der Waals surface area (Å²) < 4.78 is 4.79. The normalized spacial score (nSPS) is 9.83. The van der Waals surface area contributed by atoms with Crippen molar-refractivity contribution in [2.24, 2.45) is 0 Å². The number of rotatable bonds is 3.